The molecule has 0 unspecified atom stereocenters. The van der Waals surface area contributed by atoms with Crippen molar-refractivity contribution in [3.8, 4) is 5.69 Å². The van der Waals surface area contributed by atoms with E-state index in [2.05, 4.69) is 27.0 Å². The summed E-state index contributed by atoms with van der Waals surface area (Å²) < 4.78 is 28.2. The highest BCUT2D eigenvalue weighted by molar-refractivity contribution is 7.91. The minimum atomic E-state index is -3.49. The molecule has 1 N–H and O–H groups in total. The molecule has 2 aliphatic rings. The number of nitrogens with zero attached hydrogens (tertiary/aromatic N) is 5. The molecule has 2 fully saturated rings. The molecular weight excluding hydrogens is 500 g/mol. The molecule has 3 aromatic heterocycles. The van der Waals surface area contributed by atoms with Gasteiger partial charge < -0.3 is 9.55 Å². The first-order valence-electron chi connectivity index (χ1n) is 13.3. The number of H-pyrrole nitrogens is 1. The molecular formula is C28H36N6O3S. The Kier molecular flexibility index (Phi) is 7.54. The molecule has 0 atom stereocenters. The highest BCUT2D eigenvalue weighted by atomic mass is 32.2. The van der Waals surface area contributed by atoms with Gasteiger partial charge in [-0.2, -0.15) is 0 Å². The van der Waals surface area contributed by atoms with Crippen LogP contribution >= 0.6 is 0 Å². The summed E-state index contributed by atoms with van der Waals surface area (Å²) in [6.45, 7) is 5.04. The molecule has 0 amide bonds. The first-order valence-corrected chi connectivity index (χ1v) is 15.2. The van der Waals surface area contributed by atoms with Crippen LogP contribution in [0.5, 0.6) is 0 Å². The van der Waals surface area contributed by atoms with Crippen LogP contribution in [-0.4, -0.2) is 57.0 Å². The Morgan fingerprint density at radius 2 is 1.79 bits per heavy atom. The third kappa shape index (κ3) is 5.61. The lowest BCUT2D eigenvalue weighted by atomic mass is 9.76. The standard InChI is InChI=1S/C20H23N3O3S.C8H13N3/c1-27(25,26)18-14-23(16-8-4-2-5-9-16)20(24)19-17(18)12-15(21-19)13-22-10-6-3-7-11-22;1-6-3-7(4-6)8-10-9-5-11(8)2/h2,4-5,8-9,12,14,21H,3,6-7,10-11,13H2,1H3;5-7H,3-4H2,1-2H3. The molecule has 9 nitrogen and oxygen atoms in total. The minimum absolute atomic E-state index is 0.169. The molecule has 10 heteroatoms. The first kappa shape index (κ1) is 26.4. The van der Waals surface area contributed by atoms with Crippen LogP contribution in [0.3, 0.4) is 0 Å². The van der Waals surface area contributed by atoms with Gasteiger partial charge in [0.25, 0.3) is 5.56 Å². The van der Waals surface area contributed by atoms with Gasteiger partial charge in [0.05, 0.1) is 4.90 Å². The molecule has 4 heterocycles. The number of fused-ring (bicyclic) bond motifs is 1. The highest BCUT2D eigenvalue weighted by Crippen LogP contribution is 2.39. The highest BCUT2D eigenvalue weighted by Gasteiger charge is 2.29. The van der Waals surface area contributed by atoms with E-state index < -0.39 is 9.84 Å². The Labute approximate surface area is 223 Å². The predicted molar refractivity (Wildman–Crippen MR) is 148 cm³/mol. The maximum Gasteiger partial charge on any atom is 0.279 e. The van der Waals surface area contributed by atoms with Crippen LogP contribution in [-0.2, 0) is 23.4 Å². The lowest BCUT2D eigenvalue weighted by Crippen LogP contribution is -2.29. The zero-order valence-corrected chi connectivity index (χ0v) is 23.1. The number of aromatic amines is 1. The molecule has 6 rings (SSSR count). The van der Waals surface area contributed by atoms with E-state index in [1.54, 1.807) is 18.5 Å². The van der Waals surface area contributed by atoms with E-state index in [1.165, 1.54) is 49.1 Å². The number of hydrogen-bond acceptors (Lipinski definition) is 6. The third-order valence-corrected chi connectivity index (χ3v) is 8.70. The van der Waals surface area contributed by atoms with Crippen LogP contribution in [0.15, 0.2) is 58.6 Å². The molecule has 1 aliphatic carbocycles. The first-order chi connectivity index (χ1) is 18.2. The van der Waals surface area contributed by atoms with Crippen molar-refractivity contribution in [1.29, 1.82) is 0 Å². The SMILES string of the molecule is CC1CC(c2nncn2C)C1.CS(=O)(=O)c1cn(-c2ccccc2)c(=O)c2[nH]c(CN3CCCCC3)cc12. The number of aromatic nitrogens is 5. The molecule has 0 spiro atoms. The average molecular weight is 537 g/mol. The molecule has 1 saturated carbocycles. The Bertz CT molecular complexity index is 1560. The lowest BCUT2D eigenvalue weighted by Gasteiger charge is -2.31. The fourth-order valence-electron chi connectivity index (χ4n) is 5.53. The molecule has 38 heavy (non-hydrogen) atoms. The number of piperidine rings is 1. The molecule has 1 aliphatic heterocycles. The van der Waals surface area contributed by atoms with Crippen LogP contribution in [0, 0.1) is 5.92 Å². The summed E-state index contributed by atoms with van der Waals surface area (Å²) in [5, 5.41) is 8.42. The van der Waals surface area contributed by atoms with Crippen LogP contribution < -0.4 is 5.56 Å². The largest absolute Gasteiger partial charge is 0.353 e. The van der Waals surface area contributed by atoms with Gasteiger partial charge in [-0.1, -0.05) is 31.5 Å². The van der Waals surface area contributed by atoms with Crippen molar-refractivity contribution < 1.29 is 8.42 Å². The fourth-order valence-corrected chi connectivity index (χ4v) is 6.39. The molecule has 0 bridgehead atoms. The van der Waals surface area contributed by atoms with Crippen molar-refractivity contribution in [3.63, 3.8) is 0 Å². The second-order valence-electron chi connectivity index (χ2n) is 10.8. The number of hydrogen-bond donors (Lipinski definition) is 1. The van der Waals surface area contributed by atoms with Crippen LogP contribution in [0.4, 0.5) is 0 Å². The van der Waals surface area contributed by atoms with Gasteiger partial charge in [-0.25, -0.2) is 8.42 Å². The van der Waals surface area contributed by atoms with Gasteiger partial charge in [0.2, 0.25) is 0 Å². The minimum Gasteiger partial charge on any atom is -0.353 e. The number of benzene rings is 1. The Balaban J connectivity index is 0.000000222. The topological polar surface area (TPSA) is 106 Å². The van der Waals surface area contributed by atoms with Crippen LogP contribution in [0.1, 0.15) is 56.5 Å². The van der Waals surface area contributed by atoms with Gasteiger partial charge in [-0.05, 0) is 62.9 Å². The second kappa shape index (κ2) is 10.9. The summed E-state index contributed by atoms with van der Waals surface area (Å²) in [5.74, 6) is 2.72. The van der Waals surface area contributed by atoms with Crippen LogP contribution in [0.2, 0.25) is 0 Å². The van der Waals surface area contributed by atoms with Crippen molar-refractivity contribution in [2.75, 3.05) is 19.3 Å². The van der Waals surface area contributed by atoms with E-state index in [4.69, 9.17) is 0 Å². The molecule has 202 valence electrons. The summed E-state index contributed by atoms with van der Waals surface area (Å²) in [4.78, 5) is 18.7. The predicted octanol–water partition coefficient (Wildman–Crippen LogP) is 4.04. The normalized spacial score (nSPS) is 20.1. The molecule has 0 radical (unpaired) electrons. The Morgan fingerprint density at radius 1 is 1.08 bits per heavy atom. The lowest BCUT2D eigenvalue weighted by molar-refractivity contribution is 0.219. The quantitative estimate of drug-likeness (QED) is 0.413. The van der Waals surface area contributed by atoms with E-state index in [-0.39, 0.29) is 10.5 Å². The average Bonchev–Trinajstić information content (AvgIpc) is 3.49. The third-order valence-electron chi connectivity index (χ3n) is 7.58. The van der Waals surface area contributed by atoms with Crippen molar-refractivity contribution in [3.05, 3.63) is 70.8 Å². The number of aryl methyl sites for hydroxylation is 1. The maximum atomic E-state index is 13.0. The van der Waals surface area contributed by atoms with E-state index in [9.17, 15) is 13.2 Å². The van der Waals surface area contributed by atoms with Gasteiger partial charge in [-0.15, -0.1) is 10.2 Å². The molecule has 1 saturated heterocycles. The van der Waals surface area contributed by atoms with E-state index in [0.29, 0.717) is 29.1 Å². The summed E-state index contributed by atoms with van der Waals surface area (Å²) in [6, 6.07) is 10.9. The summed E-state index contributed by atoms with van der Waals surface area (Å²) in [7, 11) is -1.48. The molecule has 4 aromatic rings. The second-order valence-corrected chi connectivity index (χ2v) is 12.8. The monoisotopic (exact) mass is 536 g/mol. The fraction of sp³-hybridized carbons (Fsp3) is 0.464. The number of rotatable bonds is 5. The zero-order valence-electron chi connectivity index (χ0n) is 22.3. The van der Waals surface area contributed by atoms with Gasteiger partial charge >= 0.3 is 0 Å². The van der Waals surface area contributed by atoms with Crippen molar-refractivity contribution >= 4 is 20.7 Å². The van der Waals surface area contributed by atoms with Crippen molar-refractivity contribution in [1.82, 2.24) is 29.2 Å². The van der Waals surface area contributed by atoms with Crippen LogP contribution in [0.25, 0.3) is 16.6 Å². The summed E-state index contributed by atoms with van der Waals surface area (Å²) in [6.07, 6.45) is 10.6. The summed E-state index contributed by atoms with van der Waals surface area (Å²) >= 11 is 0. The van der Waals surface area contributed by atoms with Gasteiger partial charge in [0, 0.05) is 48.7 Å². The Morgan fingerprint density at radius 3 is 2.39 bits per heavy atom. The number of para-hydroxylation sites is 1. The van der Waals surface area contributed by atoms with E-state index in [1.807, 2.05) is 35.9 Å². The number of likely N-dealkylation sites (tertiary alicyclic amines) is 1. The number of sulfone groups is 1. The molecule has 1 aromatic carbocycles. The zero-order chi connectivity index (χ0) is 26.9. The van der Waals surface area contributed by atoms with E-state index >= 15 is 0 Å². The maximum absolute atomic E-state index is 13.0. The van der Waals surface area contributed by atoms with E-state index in [0.717, 1.165) is 30.5 Å². The smallest absolute Gasteiger partial charge is 0.279 e. The Hall–Kier alpha value is -3.24. The van der Waals surface area contributed by atoms with Crippen molar-refractivity contribution in [2.45, 2.75) is 56.4 Å². The van der Waals surface area contributed by atoms with Crippen molar-refractivity contribution in [2.24, 2.45) is 13.0 Å². The summed E-state index contributed by atoms with van der Waals surface area (Å²) in [5.41, 5.74) is 1.61. The van der Waals surface area contributed by atoms with Gasteiger partial charge in [0.1, 0.15) is 17.7 Å². The number of pyridine rings is 1. The van der Waals surface area contributed by atoms with Gasteiger partial charge in [-0.3, -0.25) is 14.3 Å². The number of nitrogens with one attached hydrogen (secondary N) is 1. The van der Waals surface area contributed by atoms with Gasteiger partial charge in [0.15, 0.2) is 9.84 Å².